The second-order valence-corrected chi connectivity index (χ2v) is 8.48. The van der Waals surface area contributed by atoms with Gasteiger partial charge >= 0.3 is 0 Å². The molecule has 4 rings (SSSR count). The minimum Gasteiger partial charge on any atom is -0.393 e. The predicted molar refractivity (Wildman–Crippen MR) is 82.6 cm³/mol. The molecule has 21 heavy (non-hydrogen) atoms. The Kier molecular flexibility index (Phi) is 3.12. The van der Waals surface area contributed by atoms with E-state index < -0.39 is 0 Å². The third-order valence-electron chi connectivity index (χ3n) is 7.62. The van der Waals surface area contributed by atoms with E-state index in [4.69, 9.17) is 0 Å². The fraction of sp³-hybridized carbons (Fsp3) is 0.842. The van der Waals surface area contributed by atoms with Gasteiger partial charge in [-0.2, -0.15) is 0 Å². The molecule has 116 valence electrons. The van der Waals surface area contributed by atoms with Gasteiger partial charge in [-0.1, -0.05) is 19.4 Å². The normalized spacial score (nSPS) is 52.7. The minimum absolute atomic E-state index is 0.0766. The maximum absolute atomic E-state index is 12.0. The Labute approximate surface area is 128 Å². The summed E-state index contributed by atoms with van der Waals surface area (Å²) in [6.07, 6.45) is 10.1. The van der Waals surface area contributed by atoms with Crippen molar-refractivity contribution in [2.24, 2.45) is 35.0 Å². The zero-order valence-electron chi connectivity index (χ0n) is 13.3. The molecule has 3 fully saturated rings. The topological polar surface area (TPSA) is 37.3 Å². The largest absolute Gasteiger partial charge is 0.393 e. The number of fused-ring (bicyclic) bond motifs is 5. The summed E-state index contributed by atoms with van der Waals surface area (Å²) in [4.78, 5) is 12.0. The average molecular weight is 288 g/mol. The number of allylic oxidation sites excluding steroid dienone is 1. The van der Waals surface area contributed by atoms with E-state index in [2.05, 4.69) is 13.8 Å². The highest BCUT2D eigenvalue weighted by Crippen LogP contribution is 2.61. The summed E-state index contributed by atoms with van der Waals surface area (Å²) < 4.78 is 0. The lowest BCUT2D eigenvalue weighted by Gasteiger charge is -2.53. The van der Waals surface area contributed by atoms with Crippen LogP contribution in [0.2, 0.25) is 0 Å². The highest BCUT2D eigenvalue weighted by molar-refractivity contribution is 5.93. The van der Waals surface area contributed by atoms with Gasteiger partial charge in [-0.05, 0) is 80.1 Å². The molecule has 0 aromatic heterocycles. The molecule has 0 aromatic rings. The van der Waals surface area contributed by atoms with Crippen LogP contribution in [0.5, 0.6) is 0 Å². The summed E-state index contributed by atoms with van der Waals surface area (Å²) in [5, 5.41) is 10.4. The van der Waals surface area contributed by atoms with E-state index in [1.165, 1.54) is 31.3 Å². The summed E-state index contributed by atoms with van der Waals surface area (Å²) in [5.41, 5.74) is 1.64. The van der Waals surface area contributed by atoms with Crippen LogP contribution in [-0.2, 0) is 4.79 Å². The third kappa shape index (κ3) is 1.91. The maximum Gasteiger partial charge on any atom is 0.158 e. The Morgan fingerprint density at radius 2 is 2.00 bits per heavy atom. The van der Waals surface area contributed by atoms with Gasteiger partial charge in [0.15, 0.2) is 5.78 Å². The molecule has 1 N–H and O–H groups in total. The maximum atomic E-state index is 12.0. The first-order chi connectivity index (χ1) is 10.0. The van der Waals surface area contributed by atoms with Crippen LogP contribution >= 0.6 is 0 Å². The van der Waals surface area contributed by atoms with Gasteiger partial charge in [0, 0.05) is 5.92 Å². The fourth-order valence-corrected chi connectivity index (χ4v) is 6.33. The zero-order chi connectivity index (χ0) is 14.8. The Morgan fingerprint density at radius 1 is 1.19 bits per heavy atom. The molecule has 0 aromatic carbocycles. The van der Waals surface area contributed by atoms with Crippen LogP contribution in [0.15, 0.2) is 11.6 Å². The van der Waals surface area contributed by atoms with Crippen molar-refractivity contribution in [3.05, 3.63) is 11.6 Å². The molecule has 7 unspecified atom stereocenters. The van der Waals surface area contributed by atoms with Crippen LogP contribution in [0, 0.1) is 35.0 Å². The van der Waals surface area contributed by atoms with Crippen molar-refractivity contribution in [2.45, 2.75) is 64.9 Å². The lowest BCUT2D eigenvalue weighted by Crippen LogP contribution is -2.48. The van der Waals surface area contributed by atoms with Gasteiger partial charge in [0.25, 0.3) is 0 Å². The number of rotatable bonds is 0. The highest BCUT2D eigenvalue weighted by atomic mass is 16.3. The number of aliphatic hydroxyl groups is 1. The van der Waals surface area contributed by atoms with E-state index in [-0.39, 0.29) is 17.4 Å². The molecule has 0 bridgehead atoms. The van der Waals surface area contributed by atoms with Crippen molar-refractivity contribution in [2.75, 3.05) is 0 Å². The van der Waals surface area contributed by atoms with Gasteiger partial charge in [0.1, 0.15) is 0 Å². The van der Waals surface area contributed by atoms with Crippen LogP contribution in [0.25, 0.3) is 0 Å². The number of hydrogen-bond donors (Lipinski definition) is 1. The second kappa shape index (κ2) is 4.68. The van der Waals surface area contributed by atoms with E-state index in [9.17, 15) is 9.90 Å². The quantitative estimate of drug-likeness (QED) is 0.737. The molecule has 0 aliphatic heterocycles. The molecule has 0 radical (unpaired) electrons. The number of carbonyl (C=O) groups excluding carboxylic acids is 1. The van der Waals surface area contributed by atoms with Crippen LogP contribution < -0.4 is 0 Å². The van der Waals surface area contributed by atoms with E-state index in [1.807, 2.05) is 6.08 Å². The average Bonchev–Trinajstić information content (AvgIpc) is 2.76. The van der Waals surface area contributed by atoms with Gasteiger partial charge in [-0.25, -0.2) is 0 Å². The highest BCUT2D eigenvalue weighted by Gasteiger charge is 2.56. The van der Waals surface area contributed by atoms with Crippen LogP contribution in [0.1, 0.15) is 58.8 Å². The summed E-state index contributed by atoms with van der Waals surface area (Å²) >= 11 is 0. The fourth-order valence-electron chi connectivity index (χ4n) is 6.33. The molecule has 2 nitrogen and oxygen atoms in total. The Bertz CT molecular complexity index is 494. The second-order valence-electron chi connectivity index (χ2n) is 8.48. The Morgan fingerprint density at radius 3 is 2.81 bits per heavy atom. The molecule has 0 spiro atoms. The first kappa shape index (κ1) is 14.0. The molecular formula is C19H28O2. The standard InChI is InChI=1S/C19H28O2/c1-11-9-15-12(10-17(11)20)3-4-14-13(15)7-8-19(2)16(14)5-6-18(19)21/h10-11,13-16,18,21H,3-9H2,1-2H3. The van der Waals surface area contributed by atoms with Gasteiger partial charge in [0.05, 0.1) is 6.10 Å². The molecule has 0 saturated heterocycles. The monoisotopic (exact) mass is 288 g/mol. The molecule has 2 heteroatoms. The van der Waals surface area contributed by atoms with E-state index >= 15 is 0 Å². The van der Waals surface area contributed by atoms with Crippen molar-refractivity contribution in [1.29, 1.82) is 0 Å². The van der Waals surface area contributed by atoms with Crippen molar-refractivity contribution in [3.63, 3.8) is 0 Å². The number of ketones is 1. The van der Waals surface area contributed by atoms with Crippen molar-refractivity contribution in [1.82, 2.24) is 0 Å². The molecule has 3 saturated carbocycles. The number of hydrogen-bond acceptors (Lipinski definition) is 2. The molecular weight excluding hydrogens is 260 g/mol. The summed E-state index contributed by atoms with van der Waals surface area (Å²) in [6, 6.07) is 0. The van der Waals surface area contributed by atoms with Gasteiger partial charge < -0.3 is 5.11 Å². The Hall–Kier alpha value is -0.630. The van der Waals surface area contributed by atoms with Crippen molar-refractivity contribution >= 4 is 5.78 Å². The number of carbonyl (C=O) groups is 1. The molecule has 0 amide bonds. The van der Waals surface area contributed by atoms with Crippen LogP contribution in [-0.4, -0.2) is 17.0 Å². The van der Waals surface area contributed by atoms with E-state index in [1.54, 1.807) is 0 Å². The first-order valence-corrected chi connectivity index (χ1v) is 8.93. The predicted octanol–water partition coefficient (Wildman–Crippen LogP) is 3.74. The summed E-state index contributed by atoms with van der Waals surface area (Å²) in [5.74, 6) is 3.54. The van der Waals surface area contributed by atoms with Gasteiger partial charge in [-0.15, -0.1) is 0 Å². The molecule has 0 heterocycles. The minimum atomic E-state index is -0.0766. The van der Waals surface area contributed by atoms with Crippen LogP contribution in [0.3, 0.4) is 0 Å². The third-order valence-corrected chi connectivity index (χ3v) is 7.62. The molecule has 4 aliphatic rings. The zero-order valence-corrected chi connectivity index (χ0v) is 13.3. The Balaban J connectivity index is 1.63. The number of aliphatic hydroxyl groups excluding tert-OH is 1. The van der Waals surface area contributed by atoms with Crippen molar-refractivity contribution in [3.8, 4) is 0 Å². The van der Waals surface area contributed by atoms with Crippen LogP contribution in [0.4, 0.5) is 0 Å². The summed E-state index contributed by atoms with van der Waals surface area (Å²) in [6.45, 7) is 4.44. The summed E-state index contributed by atoms with van der Waals surface area (Å²) in [7, 11) is 0. The lowest BCUT2D eigenvalue weighted by molar-refractivity contribution is -0.119. The van der Waals surface area contributed by atoms with E-state index in [0.717, 1.165) is 37.0 Å². The first-order valence-electron chi connectivity index (χ1n) is 8.93. The van der Waals surface area contributed by atoms with Gasteiger partial charge in [0.2, 0.25) is 0 Å². The smallest absolute Gasteiger partial charge is 0.158 e. The molecule has 4 aliphatic carbocycles. The molecule has 7 atom stereocenters. The van der Waals surface area contributed by atoms with E-state index in [0.29, 0.717) is 11.7 Å². The van der Waals surface area contributed by atoms with Crippen molar-refractivity contribution < 1.29 is 9.90 Å². The SMILES string of the molecule is CC1CC2C(=CC1=O)CCC1C2CCC2(C)C(O)CCC12. The lowest BCUT2D eigenvalue weighted by atomic mass is 9.51. The van der Waals surface area contributed by atoms with Gasteiger partial charge in [-0.3, -0.25) is 4.79 Å².